The van der Waals surface area contributed by atoms with Crippen LogP contribution in [-0.2, 0) is 11.3 Å². The van der Waals surface area contributed by atoms with Crippen molar-refractivity contribution < 1.29 is 9.90 Å². The monoisotopic (exact) mass is 259 g/mol. The number of nitrogens with one attached hydrogen (secondary N) is 1. The molecule has 2 N–H and O–H groups in total. The van der Waals surface area contributed by atoms with Crippen molar-refractivity contribution in [1.29, 1.82) is 0 Å². The molecule has 0 unspecified atom stereocenters. The van der Waals surface area contributed by atoms with Crippen molar-refractivity contribution in [2.45, 2.75) is 39.2 Å². The lowest BCUT2D eigenvalue weighted by molar-refractivity contribution is -0.121. The van der Waals surface area contributed by atoms with Crippen LogP contribution in [0.5, 0.6) is 0 Å². The standard InChI is InChI=1S/C16H21NO2/c1-2-3-4-11-16(19)17-13-15-9-6-5-8-14(15)10-7-12-18/h5-6,8-9,18H,2-4,11-13H2,1H3,(H,17,19). The summed E-state index contributed by atoms with van der Waals surface area (Å²) in [7, 11) is 0. The highest BCUT2D eigenvalue weighted by molar-refractivity contribution is 5.75. The van der Waals surface area contributed by atoms with E-state index >= 15 is 0 Å². The molecule has 1 amide bonds. The van der Waals surface area contributed by atoms with Crippen LogP contribution in [0.15, 0.2) is 24.3 Å². The molecular formula is C16H21NO2. The molecular weight excluding hydrogens is 238 g/mol. The average Bonchev–Trinajstić information content (AvgIpc) is 2.44. The summed E-state index contributed by atoms with van der Waals surface area (Å²) in [6.07, 6.45) is 3.73. The predicted molar refractivity (Wildman–Crippen MR) is 76.4 cm³/mol. The molecule has 0 spiro atoms. The predicted octanol–water partition coefficient (Wildman–Crippen LogP) is 2.23. The minimum atomic E-state index is -0.155. The van der Waals surface area contributed by atoms with Crippen LogP contribution < -0.4 is 5.32 Å². The number of hydrogen-bond donors (Lipinski definition) is 2. The first kappa shape index (κ1) is 15.3. The zero-order valence-electron chi connectivity index (χ0n) is 11.4. The summed E-state index contributed by atoms with van der Waals surface area (Å²) in [5.41, 5.74) is 1.83. The third-order valence-electron chi connectivity index (χ3n) is 2.80. The Bertz CT molecular complexity index is 457. The number of hydrogen-bond acceptors (Lipinski definition) is 2. The number of carbonyl (C=O) groups excluding carboxylic acids is 1. The zero-order chi connectivity index (χ0) is 13.9. The number of rotatable bonds is 6. The molecule has 0 aliphatic carbocycles. The first-order chi connectivity index (χ1) is 9.27. The fourth-order valence-electron chi connectivity index (χ4n) is 1.75. The van der Waals surface area contributed by atoms with Crippen LogP contribution in [-0.4, -0.2) is 17.6 Å². The maximum atomic E-state index is 11.6. The first-order valence-corrected chi connectivity index (χ1v) is 6.72. The number of unbranched alkanes of at least 4 members (excludes halogenated alkanes) is 2. The molecule has 3 heteroatoms. The van der Waals surface area contributed by atoms with Crippen molar-refractivity contribution in [2.24, 2.45) is 0 Å². The van der Waals surface area contributed by atoms with E-state index in [1.54, 1.807) is 0 Å². The second kappa shape index (κ2) is 9.18. The molecule has 1 rings (SSSR count). The second-order valence-corrected chi connectivity index (χ2v) is 4.35. The van der Waals surface area contributed by atoms with Gasteiger partial charge in [-0.3, -0.25) is 4.79 Å². The van der Waals surface area contributed by atoms with Gasteiger partial charge in [-0.1, -0.05) is 49.8 Å². The summed E-state index contributed by atoms with van der Waals surface area (Å²) in [5.74, 6) is 5.60. The number of aliphatic hydroxyl groups excluding tert-OH is 1. The highest BCUT2D eigenvalue weighted by Crippen LogP contribution is 2.07. The number of aliphatic hydroxyl groups is 1. The van der Waals surface area contributed by atoms with E-state index in [-0.39, 0.29) is 12.5 Å². The van der Waals surface area contributed by atoms with Crippen molar-refractivity contribution in [3.05, 3.63) is 35.4 Å². The highest BCUT2D eigenvalue weighted by atomic mass is 16.2. The van der Waals surface area contributed by atoms with Gasteiger partial charge in [-0.2, -0.15) is 0 Å². The minimum absolute atomic E-state index is 0.0818. The van der Waals surface area contributed by atoms with Crippen molar-refractivity contribution in [3.8, 4) is 11.8 Å². The number of benzene rings is 1. The molecule has 3 nitrogen and oxygen atoms in total. The van der Waals surface area contributed by atoms with Crippen molar-refractivity contribution in [1.82, 2.24) is 5.32 Å². The molecule has 0 atom stereocenters. The van der Waals surface area contributed by atoms with Crippen LogP contribution >= 0.6 is 0 Å². The first-order valence-electron chi connectivity index (χ1n) is 6.72. The minimum Gasteiger partial charge on any atom is -0.384 e. The van der Waals surface area contributed by atoms with Crippen molar-refractivity contribution in [3.63, 3.8) is 0 Å². The SMILES string of the molecule is CCCCCC(=O)NCc1ccccc1C#CCO. The average molecular weight is 259 g/mol. The summed E-state index contributed by atoms with van der Waals surface area (Å²) in [6, 6.07) is 7.64. The van der Waals surface area contributed by atoms with E-state index in [0.717, 1.165) is 30.4 Å². The van der Waals surface area contributed by atoms with Crippen LogP contribution in [0.4, 0.5) is 0 Å². The molecule has 0 saturated heterocycles. The van der Waals surface area contributed by atoms with Gasteiger partial charge in [0.05, 0.1) is 0 Å². The van der Waals surface area contributed by atoms with E-state index in [4.69, 9.17) is 5.11 Å². The summed E-state index contributed by atoms with van der Waals surface area (Å²) in [4.78, 5) is 11.6. The molecule has 0 aromatic heterocycles. The maximum Gasteiger partial charge on any atom is 0.220 e. The summed E-state index contributed by atoms with van der Waals surface area (Å²) < 4.78 is 0. The Morgan fingerprint density at radius 3 is 2.84 bits per heavy atom. The smallest absolute Gasteiger partial charge is 0.220 e. The van der Waals surface area contributed by atoms with E-state index in [1.807, 2.05) is 24.3 Å². The summed E-state index contributed by atoms with van der Waals surface area (Å²) >= 11 is 0. The summed E-state index contributed by atoms with van der Waals surface area (Å²) in [6.45, 7) is 2.45. The Kier molecular flexibility index (Phi) is 7.38. The molecule has 0 bridgehead atoms. The third kappa shape index (κ3) is 6.08. The van der Waals surface area contributed by atoms with Gasteiger partial charge in [0, 0.05) is 18.5 Å². The van der Waals surface area contributed by atoms with Gasteiger partial charge in [-0.15, -0.1) is 0 Å². The van der Waals surface area contributed by atoms with E-state index in [0.29, 0.717) is 13.0 Å². The van der Waals surface area contributed by atoms with Crippen molar-refractivity contribution in [2.75, 3.05) is 6.61 Å². The molecule has 0 aliphatic rings. The van der Waals surface area contributed by atoms with Gasteiger partial charge < -0.3 is 10.4 Å². The van der Waals surface area contributed by atoms with Gasteiger partial charge in [0.2, 0.25) is 5.91 Å². The molecule has 0 heterocycles. The normalized spacial score (nSPS) is 9.58. The van der Waals surface area contributed by atoms with Gasteiger partial charge in [0.15, 0.2) is 0 Å². The third-order valence-corrected chi connectivity index (χ3v) is 2.80. The van der Waals surface area contributed by atoms with Crippen LogP contribution in [0.25, 0.3) is 0 Å². The quantitative estimate of drug-likeness (QED) is 0.608. The Hall–Kier alpha value is -1.79. The molecule has 0 radical (unpaired) electrons. The highest BCUT2D eigenvalue weighted by Gasteiger charge is 2.03. The van der Waals surface area contributed by atoms with Crippen LogP contribution in [0, 0.1) is 11.8 Å². The molecule has 1 aromatic rings. The van der Waals surface area contributed by atoms with E-state index < -0.39 is 0 Å². The fraction of sp³-hybridized carbons (Fsp3) is 0.438. The second-order valence-electron chi connectivity index (χ2n) is 4.35. The fourth-order valence-corrected chi connectivity index (χ4v) is 1.75. The van der Waals surface area contributed by atoms with Gasteiger partial charge >= 0.3 is 0 Å². The van der Waals surface area contributed by atoms with Gasteiger partial charge in [-0.05, 0) is 18.1 Å². The van der Waals surface area contributed by atoms with E-state index in [9.17, 15) is 4.79 Å². The van der Waals surface area contributed by atoms with Crippen molar-refractivity contribution >= 4 is 5.91 Å². The number of amides is 1. The van der Waals surface area contributed by atoms with Crippen LogP contribution in [0.3, 0.4) is 0 Å². The Morgan fingerprint density at radius 2 is 2.11 bits per heavy atom. The lowest BCUT2D eigenvalue weighted by atomic mass is 10.1. The Balaban J connectivity index is 2.50. The molecule has 19 heavy (non-hydrogen) atoms. The van der Waals surface area contributed by atoms with E-state index in [1.165, 1.54) is 0 Å². The van der Waals surface area contributed by atoms with E-state index in [2.05, 4.69) is 24.1 Å². The topological polar surface area (TPSA) is 49.3 Å². The van der Waals surface area contributed by atoms with Crippen LogP contribution in [0.2, 0.25) is 0 Å². The zero-order valence-corrected chi connectivity index (χ0v) is 11.4. The molecule has 0 fully saturated rings. The Morgan fingerprint density at radius 1 is 1.32 bits per heavy atom. The number of carbonyl (C=O) groups is 1. The molecule has 102 valence electrons. The lowest BCUT2D eigenvalue weighted by Crippen LogP contribution is -2.22. The van der Waals surface area contributed by atoms with Gasteiger partial charge in [-0.25, -0.2) is 0 Å². The molecule has 0 aliphatic heterocycles. The Labute approximate surface area is 115 Å². The van der Waals surface area contributed by atoms with Gasteiger partial charge in [0.25, 0.3) is 0 Å². The molecule has 1 aromatic carbocycles. The lowest BCUT2D eigenvalue weighted by Gasteiger charge is -2.07. The van der Waals surface area contributed by atoms with Crippen LogP contribution in [0.1, 0.15) is 43.7 Å². The largest absolute Gasteiger partial charge is 0.384 e. The maximum absolute atomic E-state index is 11.6. The molecule has 0 saturated carbocycles. The van der Waals surface area contributed by atoms with Gasteiger partial charge in [0.1, 0.15) is 6.61 Å². The summed E-state index contributed by atoms with van der Waals surface area (Å²) in [5, 5.41) is 11.6.